The average Bonchev–Trinajstić information content (AvgIpc) is 3.30. The third-order valence-electron chi connectivity index (χ3n) is 6.51. The van der Waals surface area contributed by atoms with Crippen molar-refractivity contribution in [2.24, 2.45) is 11.5 Å². The number of nitrogens with zero attached hydrogens (tertiary/aromatic N) is 2. The number of aryl methyl sites for hydroxylation is 1. The van der Waals surface area contributed by atoms with Gasteiger partial charge in [-0.3, -0.25) is 4.57 Å². The van der Waals surface area contributed by atoms with E-state index in [1.807, 2.05) is 31.2 Å². The quantitative estimate of drug-likeness (QED) is 0.153. The van der Waals surface area contributed by atoms with E-state index in [2.05, 4.69) is 21.9 Å². The van der Waals surface area contributed by atoms with Crippen molar-refractivity contribution < 1.29 is 4.39 Å². The van der Waals surface area contributed by atoms with Gasteiger partial charge in [0.2, 0.25) is 0 Å². The Balaban J connectivity index is 1.55. The van der Waals surface area contributed by atoms with Crippen molar-refractivity contribution in [2.45, 2.75) is 51.2 Å². The molecule has 2 aromatic heterocycles. The fourth-order valence-corrected chi connectivity index (χ4v) is 4.57. The Hall–Kier alpha value is -3.30. The Morgan fingerprint density at radius 2 is 1.95 bits per heavy atom. The fraction of sp³-hybridized carbons (Fsp3) is 0.310. The molecule has 0 spiro atoms. The highest BCUT2D eigenvalue weighted by Gasteiger charge is 2.15. The summed E-state index contributed by atoms with van der Waals surface area (Å²) in [6, 6.07) is 13.0. The van der Waals surface area contributed by atoms with Crippen LogP contribution in [0.1, 0.15) is 37.3 Å². The van der Waals surface area contributed by atoms with E-state index >= 15 is 4.39 Å². The van der Waals surface area contributed by atoms with Crippen molar-refractivity contribution >= 4 is 22.6 Å². The van der Waals surface area contributed by atoms with Crippen LogP contribution in [0.2, 0.25) is 5.02 Å². The Kier molecular flexibility index (Phi) is 9.12. The number of nitrogens with one attached hydrogen (secondary N) is 2. The third kappa shape index (κ3) is 6.76. The molecule has 0 amide bonds. The van der Waals surface area contributed by atoms with Gasteiger partial charge >= 0.3 is 5.69 Å². The zero-order valence-electron chi connectivity index (χ0n) is 21.5. The summed E-state index contributed by atoms with van der Waals surface area (Å²) in [5.74, 6) is -0.514. The van der Waals surface area contributed by atoms with Crippen LogP contribution < -0.4 is 22.5 Å². The largest absolute Gasteiger partial charge is 0.354 e. The molecule has 0 aliphatic carbocycles. The van der Waals surface area contributed by atoms with Crippen molar-refractivity contribution in [2.75, 3.05) is 6.54 Å². The molecular weight excluding hydrogens is 503 g/mol. The molecule has 38 heavy (non-hydrogen) atoms. The average molecular weight is 537 g/mol. The summed E-state index contributed by atoms with van der Waals surface area (Å²) in [5, 5.41) is 4.09. The summed E-state index contributed by atoms with van der Waals surface area (Å²) in [6.07, 6.45) is 6.75. The minimum atomic E-state index is -0.514. The van der Waals surface area contributed by atoms with E-state index in [4.69, 9.17) is 23.1 Å². The van der Waals surface area contributed by atoms with Gasteiger partial charge in [-0.05, 0) is 80.6 Å². The van der Waals surface area contributed by atoms with Gasteiger partial charge in [-0.15, -0.1) is 6.58 Å². The van der Waals surface area contributed by atoms with Crippen LogP contribution in [-0.2, 0) is 13.0 Å². The molecule has 4 aromatic rings. The van der Waals surface area contributed by atoms with E-state index in [0.717, 1.165) is 43.4 Å². The van der Waals surface area contributed by atoms with Crippen LogP contribution in [0.4, 0.5) is 4.39 Å². The third-order valence-corrected chi connectivity index (χ3v) is 6.79. The lowest BCUT2D eigenvalue weighted by atomic mass is 10.0. The predicted molar refractivity (Wildman–Crippen MR) is 153 cm³/mol. The van der Waals surface area contributed by atoms with Crippen LogP contribution in [0.15, 0.2) is 66.1 Å². The van der Waals surface area contributed by atoms with Gasteiger partial charge in [0.15, 0.2) is 5.82 Å². The van der Waals surface area contributed by atoms with E-state index in [9.17, 15) is 4.79 Å². The number of rotatable bonds is 12. The number of H-pyrrole nitrogens is 1. The minimum absolute atomic E-state index is 0.0178. The lowest BCUT2D eigenvalue weighted by Gasteiger charge is -2.09. The maximum atomic E-state index is 15.0. The first kappa shape index (κ1) is 27.7. The second-order valence-electron chi connectivity index (χ2n) is 9.72. The van der Waals surface area contributed by atoms with Crippen molar-refractivity contribution in [1.29, 1.82) is 0 Å². The maximum Gasteiger partial charge on any atom is 0.354 e. The van der Waals surface area contributed by atoms with Gasteiger partial charge in [-0.25, -0.2) is 9.18 Å². The van der Waals surface area contributed by atoms with Gasteiger partial charge < -0.3 is 21.8 Å². The van der Waals surface area contributed by atoms with Crippen LogP contribution in [0.25, 0.3) is 28.0 Å². The molecule has 9 heteroatoms. The van der Waals surface area contributed by atoms with Gasteiger partial charge in [-0.1, -0.05) is 29.8 Å². The number of nitrogens with two attached hydrogens (primary N) is 2. The fourth-order valence-electron chi connectivity index (χ4n) is 4.33. The molecule has 2 aromatic carbocycles. The molecule has 0 bridgehead atoms. The monoisotopic (exact) mass is 536 g/mol. The van der Waals surface area contributed by atoms with E-state index in [-0.39, 0.29) is 17.1 Å². The van der Waals surface area contributed by atoms with Crippen LogP contribution in [0.5, 0.6) is 0 Å². The lowest BCUT2D eigenvalue weighted by Crippen LogP contribution is -2.24. The van der Waals surface area contributed by atoms with Crippen LogP contribution in [0.3, 0.4) is 0 Å². The second-order valence-corrected chi connectivity index (χ2v) is 10.1. The number of aromatic nitrogens is 3. The summed E-state index contributed by atoms with van der Waals surface area (Å²) in [4.78, 5) is 20.1. The molecule has 0 unspecified atom stereocenters. The van der Waals surface area contributed by atoms with Gasteiger partial charge in [-0.2, -0.15) is 4.98 Å². The molecule has 2 atom stereocenters. The molecule has 0 aliphatic heterocycles. The molecule has 7 nitrogen and oxygen atoms in total. The first-order chi connectivity index (χ1) is 18.2. The zero-order valence-corrected chi connectivity index (χ0v) is 22.3. The van der Waals surface area contributed by atoms with Crippen LogP contribution in [0, 0.1) is 5.82 Å². The number of hydrogen-bond acceptors (Lipinski definition) is 5. The van der Waals surface area contributed by atoms with Crippen molar-refractivity contribution in [3.8, 4) is 16.9 Å². The molecule has 6 N–H and O–H groups in total. The van der Waals surface area contributed by atoms with Gasteiger partial charge in [0.1, 0.15) is 5.65 Å². The molecule has 2 heterocycles. The number of benzene rings is 2. The summed E-state index contributed by atoms with van der Waals surface area (Å²) < 4.78 is 16.5. The molecular formula is C29H34ClFN6O. The Bertz CT molecular complexity index is 1460. The molecule has 0 saturated heterocycles. The summed E-state index contributed by atoms with van der Waals surface area (Å²) in [6.45, 7) is 7.13. The molecule has 4 rings (SSSR count). The zero-order chi connectivity index (χ0) is 27.2. The van der Waals surface area contributed by atoms with Crippen molar-refractivity contribution in [3.05, 3.63) is 93.8 Å². The first-order valence-electron chi connectivity index (χ1n) is 12.8. The highest BCUT2D eigenvalue weighted by molar-refractivity contribution is 6.31. The topological polar surface area (TPSA) is 115 Å². The highest BCUT2D eigenvalue weighted by atomic mass is 35.5. The van der Waals surface area contributed by atoms with Crippen LogP contribution in [-0.4, -0.2) is 33.2 Å². The Morgan fingerprint density at radius 3 is 2.66 bits per heavy atom. The number of fused-ring (bicyclic) bond motifs is 1. The summed E-state index contributed by atoms with van der Waals surface area (Å²) in [7, 11) is 0. The van der Waals surface area contributed by atoms with Crippen LogP contribution >= 0.6 is 11.6 Å². The maximum absolute atomic E-state index is 15.0. The van der Waals surface area contributed by atoms with E-state index in [0.29, 0.717) is 34.5 Å². The SMILES string of the molecule is C=C[C@H](N)CCNCc1ccc(-n2cc3cc(-c4cc(CCC[C@H](C)N)cc(Cl)c4F)[nH]c3nc2=O)cc1. The molecule has 0 radical (unpaired) electrons. The highest BCUT2D eigenvalue weighted by Crippen LogP contribution is 2.31. The smallest absolute Gasteiger partial charge is 0.339 e. The van der Waals surface area contributed by atoms with E-state index in [1.165, 1.54) is 4.57 Å². The van der Waals surface area contributed by atoms with Gasteiger partial charge in [0.25, 0.3) is 0 Å². The molecule has 0 aliphatic rings. The molecule has 200 valence electrons. The van der Waals surface area contributed by atoms with Gasteiger partial charge in [0.05, 0.1) is 16.4 Å². The van der Waals surface area contributed by atoms with Crippen molar-refractivity contribution in [3.63, 3.8) is 0 Å². The van der Waals surface area contributed by atoms with E-state index < -0.39 is 11.5 Å². The standard InChI is InChI=1S/C29H34ClFN6O/c1-3-22(33)11-12-34-16-19-7-9-23(10-8-19)37-17-21-15-26(35-28(21)36-29(37)38)24-13-20(6-4-5-18(2)32)14-25(30)27(24)31/h3,7-10,13-15,17-18,22,34H,1,4-6,11-12,16,32-33H2,2H3,(H,35,36,38)/t18-,22-/m0/s1. The molecule has 0 fully saturated rings. The first-order valence-corrected chi connectivity index (χ1v) is 13.2. The minimum Gasteiger partial charge on any atom is -0.339 e. The van der Waals surface area contributed by atoms with E-state index in [1.54, 1.807) is 30.5 Å². The normalized spacial score (nSPS) is 13.1. The Labute approximate surface area is 226 Å². The summed E-state index contributed by atoms with van der Waals surface area (Å²) >= 11 is 6.22. The molecule has 0 saturated carbocycles. The predicted octanol–water partition coefficient (Wildman–Crippen LogP) is 4.84. The number of aromatic amines is 1. The number of halogens is 2. The number of hydrogen-bond donors (Lipinski definition) is 4. The Morgan fingerprint density at radius 1 is 1.18 bits per heavy atom. The summed E-state index contributed by atoms with van der Waals surface area (Å²) in [5.41, 5.74) is 15.2. The van der Waals surface area contributed by atoms with Crippen molar-refractivity contribution in [1.82, 2.24) is 19.9 Å². The lowest BCUT2D eigenvalue weighted by molar-refractivity contribution is 0.615. The van der Waals surface area contributed by atoms with Gasteiger partial charge in [0, 0.05) is 35.8 Å². The second kappa shape index (κ2) is 12.5.